The molecule has 0 spiro atoms. The Balaban J connectivity index is 1.36. The van der Waals surface area contributed by atoms with Crippen LogP contribution in [-0.4, -0.2) is 65.9 Å². The number of rotatable bonds is 6. The predicted molar refractivity (Wildman–Crippen MR) is 110 cm³/mol. The average molecular weight is 443 g/mol. The summed E-state index contributed by atoms with van der Waals surface area (Å²) in [5.74, 6) is 0.120. The lowest BCUT2D eigenvalue weighted by Gasteiger charge is -2.17. The monoisotopic (exact) mass is 443 g/mol. The standard InChI is InChI=1S/C21H23F2N7O2/c1-3-30-18(12-7-24-11(2)25-8-12)28-16-19(30)26-10-27-20(16)32-13-4-5-29(9-13)21(31)15-6-14(15)17(22)23/h7-8,10,13-15,17H,3-6,9H2,1-2H3/t13-,14?,15?/m0/s1. The summed E-state index contributed by atoms with van der Waals surface area (Å²) in [6.07, 6.45) is 3.02. The van der Waals surface area contributed by atoms with E-state index in [9.17, 15) is 13.6 Å². The van der Waals surface area contributed by atoms with Gasteiger partial charge < -0.3 is 14.2 Å². The molecule has 1 saturated heterocycles. The summed E-state index contributed by atoms with van der Waals surface area (Å²) in [5.41, 5.74) is 1.92. The van der Waals surface area contributed by atoms with Gasteiger partial charge in [-0.2, -0.15) is 4.98 Å². The van der Waals surface area contributed by atoms with E-state index in [0.717, 1.165) is 5.56 Å². The van der Waals surface area contributed by atoms with E-state index in [0.29, 0.717) is 54.7 Å². The van der Waals surface area contributed by atoms with Gasteiger partial charge in [-0.25, -0.2) is 28.7 Å². The maximum atomic E-state index is 12.8. The lowest BCUT2D eigenvalue weighted by atomic mass is 10.3. The first-order chi connectivity index (χ1) is 15.5. The van der Waals surface area contributed by atoms with E-state index in [1.54, 1.807) is 17.3 Å². The topological polar surface area (TPSA) is 98.9 Å². The fourth-order valence-corrected chi connectivity index (χ4v) is 4.22. The molecular weight excluding hydrogens is 420 g/mol. The van der Waals surface area contributed by atoms with Crippen LogP contribution in [0.2, 0.25) is 0 Å². The molecule has 1 aliphatic carbocycles. The minimum absolute atomic E-state index is 0.203. The summed E-state index contributed by atoms with van der Waals surface area (Å²) < 4.78 is 33.7. The molecule has 3 aromatic heterocycles. The fourth-order valence-electron chi connectivity index (χ4n) is 4.22. The number of nitrogens with zero attached hydrogens (tertiary/aromatic N) is 7. The molecule has 1 amide bonds. The van der Waals surface area contributed by atoms with Gasteiger partial charge in [0.1, 0.15) is 24.1 Å². The molecule has 2 fully saturated rings. The van der Waals surface area contributed by atoms with Crippen molar-refractivity contribution in [1.29, 1.82) is 0 Å². The Bertz CT molecular complexity index is 1150. The number of fused-ring (bicyclic) bond motifs is 1. The highest BCUT2D eigenvalue weighted by molar-refractivity contribution is 5.82. The highest BCUT2D eigenvalue weighted by Gasteiger charge is 2.51. The quantitative estimate of drug-likeness (QED) is 0.577. The van der Waals surface area contributed by atoms with Gasteiger partial charge in [-0.05, 0) is 20.3 Å². The molecule has 11 heteroatoms. The summed E-state index contributed by atoms with van der Waals surface area (Å²) in [6, 6.07) is 0. The van der Waals surface area contributed by atoms with Crippen molar-refractivity contribution in [2.24, 2.45) is 11.8 Å². The van der Waals surface area contributed by atoms with E-state index in [1.165, 1.54) is 6.33 Å². The Morgan fingerprint density at radius 3 is 2.72 bits per heavy atom. The molecule has 2 aliphatic rings. The van der Waals surface area contributed by atoms with Crippen LogP contribution in [0.3, 0.4) is 0 Å². The molecule has 0 bridgehead atoms. The maximum Gasteiger partial charge on any atom is 0.245 e. The Hall–Kier alpha value is -3.24. The molecule has 9 nitrogen and oxygen atoms in total. The van der Waals surface area contributed by atoms with Crippen molar-refractivity contribution >= 4 is 17.1 Å². The van der Waals surface area contributed by atoms with Crippen LogP contribution in [0.15, 0.2) is 18.7 Å². The second kappa shape index (κ2) is 8.03. The van der Waals surface area contributed by atoms with Crippen molar-refractivity contribution in [3.63, 3.8) is 0 Å². The third kappa shape index (κ3) is 3.65. The van der Waals surface area contributed by atoms with Gasteiger partial charge in [0.15, 0.2) is 11.2 Å². The number of aryl methyl sites for hydroxylation is 2. The average Bonchev–Trinajstić information content (AvgIpc) is 3.31. The van der Waals surface area contributed by atoms with Crippen molar-refractivity contribution < 1.29 is 18.3 Å². The Labute approximate surface area is 182 Å². The van der Waals surface area contributed by atoms with Gasteiger partial charge in [-0.15, -0.1) is 0 Å². The van der Waals surface area contributed by atoms with Crippen molar-refractivity contribution in [3.05, 3.63) is 24.5 Å². The molecule has 0 aromatic carbocycles. The third-order valence-corrected chi connectivity index (χ3v) is 6.07. The molecule has 5 rings (SSSR count). The molecule has 4 heterocycles. The molecule has 0 N–H and O–H groups in total. The van der Waals surface area contributed by atoms with Crippen LogP contribution >= 0.6 is 0 Å². The van der Waals surface area contributed by atoms with E-state index < -0.39 is 18.3 Å². The van der Waals surface area contributed by atoms with Crippen LogP contribution in [0.5, 0.6) is 5.88 Å². The molecule has 2 unspecified atom stereocenters. The second-order valence-electron chi connectivity index (χ2n) is 8.20. The zero-order valence-electron chi connectivity index (χ0n) is 17.8. The number of amides is 1. The lowest BCUT2D eigenvalue weighted by molar-refractivity contribution is -0.132. The van der Waals surface area contributed by atoms with Crippen molar-refractivity contribution in [1.82, 2.24) is 34.4 Å². The van der Waals surface area contributed by atoms with Crippen molar-refractivity contribution in [2.75, 3.05) is 13.1 Å². The van der Waals surface area contributed by atoms with Gasteiger partial charge in [0.25, 0.3) is 0 Å². The van der Waals surface area contributed by atoms with E-state index >= 15 is 0 Å². The number of imidazole rings is 1. The highest BCUT2D eigenvalue weighted by Crippen LogP contribution is 2.44. The maximum absolute atomic E-state index is 12.8. The number of hydrogen-bond donors (Lipinski definition) is 0. The second-order valence-corrected chi connectivity index (χ2v) is 8.20. The number of likely N-dealkylation sites (tertiary alicyclic amines) is 1. The zero-order valence-corrected chi connectivity index (χ0v) is 17.8. The molecule has 3 atom stereocenters. The summed E-state index contributed by atoms with van der Waals surface area (Å²) in [7, 11) is 0. The summed E-state index contributed by atoms with van der Waals surface area (Å²) in [4.78, 5) is 36.0. The number of hydrogen-bond acceptors (Lipinski definition) is 7. The van der Waals surface area contributed by atoms with Crippen LogP contribution in [0.4, 0.5) is 8.78 Å². The van der Waals surface area contributed by atoms with Crippen LogP contribution in [0.1, 0.15) is 25.6 Å². The minimum Gasteiger partial charge on any atom is -0.471 e. The van der Waals surface area contributed by atoms with E-state index in [-0.39, 0.29) is 18.4 Å². The number of carbonyl (C=O) groups excluding carboxylic acids is 1. The van der Waals surface area contributed by atoms with Crippen LogP contribution in [0.25, 0.3) is 22.6 Å². The number of carbonyl (C=O) groups is 1. The predicted octanol–water partition coefficient (Wildman–Crippen LogP) is 2.49. The molecular formula is C21H23F2N7O2. The first kappa shape index (κ1) is 20.7. The van der Waals surface area contributed by atoms with E-state index in [4.69, 9.17) is 9.72 Å². The number of ether oxygens (including phenoxy) is 1. The van der Waals surface area contributed by atoms with Crippen molar-refractivity contribution in [2.45, 2.75) is 45.8 Å². The summed E-state index contributed by atoms with van der Waals surface area (Å²) in [5, 5.41) is 0. The van der Waals surface area contributed by atoms with Crippen LogP contribution in [0, 0.1) is 18.8 Å². The lowest BCUT2D eigenvalue weighted by Crippen LogP contribution is -2.32. The van der Waals surface area contributed by atoms with Gasteiger partial charge >= 0.3 is 0 Å². The Morgan fingerprint density at radius 1 is 1.25 bits per heavy atom. The minimum atomic E-state index is -2.44. The first-order valence-electron chi connectivity index (χ1n) is 10.7. The summed E-state index contributed by atoms with van der Waals surface area (Å²) >= 11 is 0. The fraction of sp³-hybridized carbons (Fsp3) is 0.524. The number of halogens is 2. The SMILES string of the molecule is CCn1c(-c2cnc(C)nc2)nc2c(O[C@H]3CCN(C(=O)C4CC4C(F)F)C3)ncnc21. The molecule has 1 aliphatic heterocycles. The van der Waals surface area contributed by atoms with Crippen LogP contribution < -0.4 is 4.74 Å². The molecule has 1 saturated carbocycles. The van der Waals surface area contributed by atoms with Gasteiger partial charge in [-0.1, -0.05) is 0 Å². The first-order valence-corrected chi connectivity index (χ1v) is 10.7. The zero-order chi connectivity index (χ0) is 22.4. The smallest absolute Gasteiger partial charge is 0.245 e. The van der Waals surface area contributed by atoms with Gasteiger partial charge in [-0.3, -0.25) is 4.79 Å². The molecule has 168 valence electrons. The highest BCUT2D eigenvalue weighted by atomic mass is 19.3. The van der Waals surface area contributed by atoms with E-state index in [1.807, 2.05) is 18.4 Å². The third-order valence-electron chi connectivity index (χ3n) is 6.07. The van der Waals surface area contributed by atoms with Gasteiger partial charge in [0.05, 0.1) is 12.1 Å². The largest absolute Gasteiger partial charge is 0.471 e. The van der Waals surface area contributed by atoms with Gasteiger partial charge in [0.2, 0.25) is 18.2 Å². The number of aromatic nitrogens is 6. The van der Waals surface area contributed by atoms with Crippen LogP contribution in [-0.2, 0) is 11.3 Å². The Morgan fingerprint density at radius 2 is 2.03 bits per heavy atom. The summed E-state index contributed by atoms with van der Waals surface area (Å²) in [6.45, 7) is 5.28. The van der Waals surface area contributed by atoms with Crippen molar-refractivity contribution in [3.8, 4) is 17.3 Å². The van der Waals surface area contributed by atoms with E-state index in [2.05, 4.69) is 19.9 Å². The molecule has 32 heavy (non-hydrogen) atoms. The normalized spacial score (nSPS) is 22.7. The van der Waals surface area contributed by atoms with Gasteiger partial charge in [0, 0.05) is 43.7 Å². The number of alkyl halides is 2. The molecule has 3 aromatic rings. The molecule has 0 radical (unpaired) electrons. The Kier molecular flexibility index (Phi) is 5.18.